The van der Waals surface area contributed by atoms with Crippen LogP contribution in [0.3, 0.4) is 0 Å². The van der Waals surface area contributed by atoms with Crippen molar-refractivity contribution >= 4 is 167 Å². The number of nitrogens with two attached hydrogens (primary N) is 2. The van der Waals surface area contributed by atoms with Gasteiger partial charge in [-0.15, -0.1) is 0 Å². The summed E-state index contributed by atoms with van der Waals surface area (Å²) in [5, 5.41) is 32.5. The Kier molecular flexibility index (Phi) is 44.7. The number of esters is 1. The largest absolute Gasteiger partial charge is 0.477 e. The summed E-state index contributed by atoms with van der Waals surface area (Å²) in [4.78, 5) is 223. The second kappa shape index (κ2) is 53.5. The summed E-state index contributed by atoms with van der Waals surface area (Å²) in [5.74, 6) is -10.4. The number of carbonyl (C=O) groups is 14. The van der Waals surface area contributed by atoms with Crippen LogP contribution in [0.1, 0.15) is 186 Å². The number of carbonyl (C=O) groups excluding carboxylic acids is 12. The van der Waals surface area contributed by atoms with Gasteiger partial charge in [-0.05, 0) is 153 Å². The molecule has 4 atom stereocenters. The zero-order valence-electron chi connectivity index (χ0n) is 81.2. The van der Waals surface area contributed by atoms with Crippen molar-refractivity contribution in [1.82, 2.24) is 44.7 Å². The first-order chi connectivity index (χ1) is 63.9. The van der Waals surface area contributed by atoms with Crippen molar-refractivity contribution in [1.29, 1.82) is 0 Å². The number of aromatic nitrogens is 2. The molecule has 8 rings (SSSR count). The number of nitrogens with zero attached hydrogens (tertiary/aromatic N) is 10. The van der Waals surface area contributed by atoms with Crippen molar-refractivity contribution < 1.29 is 105 Å². The molecule has 2 aromatic heterocycles. The number of aryl methyl sites for hydroxylation is 2. The molecule has 2 aliphatic rings. The van der Waals surface area contributed by atoms with Gasteiger partial charge in [-0.25, -0.2) is 32.8 Å². The number of Topliss-reactive ketones (excluding diaryl/α,β-unsaturated/α-hetero) is 2. The average Bonchev–Trinajstić information content (AvgIpc) is 0.765. The average molecular weight is 1970 g/mol. The lowest BCUT2D eigenvalue weighted by Gasteiger charge is -2.35. The molecule has 4 heterocycles. The van der Waals surface area contributed by atoms with Gasteiger partial charge in [0, 0.05) is 192 Å². The third kappa shape index (κ3) is 35.4. The number of fused-ring (bicyclic) bond motifs is 2. The van der Waals surface area contributed by atoms with Crippen LogP contribution in [0.4, 0.5) is 45.9 Å². The minimum atomic E-state index is -1.40. The van der Waals surface area contributed by atoms with Crippen LogP contribution >= 0.6 is 27.0 Å². The minimum Gasteiger partial charge on any atom is -0.477 e. The van der Waals surface area contributed by atoms with E-state index in [0.29, 0.717) is 53.0 Å². The maximum Gasteiger partial charge on any atom is 0.413 e. The van der Waals surface area contributed by atoms with E-state index in [0.717, 1.165) is 12.1 Å². The number of nitrogens with one attached hydrogen (secondary N) is 5. The molecule has 0 spiro atoms. The van der Waals surface area contributed by atoms with Crippen LogP contribution < -0.4 is 58.7 Å². The molecular weight excluding hydrogens is 1830 g/mol. The number of aromatic carboxylic acids is 2. The molecule has 2 aliphatic heterocycles. The van der Waals surface area contributed by atoms with Crippen molar-refractivity contribution in [3.8, 4) is 0 Å². The number of ether oxygens (including phenoxy) is 4. The molecular formula is C95H133F2N17O22S2. The van der Waals surface area contributed by atoms with E-state index in [1.165, 1.54) is 44.1 Å². The first-order valence-corrected chi connectivity index (χ1v) is 45.1. The van der Waals surface area contributed by atoms with Gasteiger partial charge in [-0.2, -0.15) is 27.0 Å². The zero-order valence-corrected chi connectivity index (χ0v) is 83.2. The molecule has 4 aromatic carbocycles. The van der Waals surface area contributed by atoms with E-state index in [1.54, 1.807) is 179 Å². The van der Waals surface area contributed by atoms with E-state index in [2.05, 4.69) is 36.6 Å². The highest BCUT2D eigenvalue weighted by atomic mass is 32.1. The number of anilines is 4. The number of benzene rings is 4. The van der Waals surface area contributed by atoms with E-state index in [9.17, 15) is 86.9 Å². The number of piperazine rings is 2. The topological polar surface area (TPSA) is 517 Å². The van der Waals surface area contributed by atoms with Gasteiger partial charge >= 0.3 is 36.2 Å². The van der Waals surface area contributed by atoms with Crippen molar-refractivity contribution in [2.75, 3.05) is 114 Å². The number of carboxylic acids is 2. The summed E-state index contributed by atoms with van der Waals surface area (Å²) >= 11 is 0. The third-order valence-corrected chi connectivity index (χ3v) is 22.2. The number of hydrogen-bond donors (Lipinski definition) is 9. The normalized spacial score (nSPS) is 13.6. The molecule has 6 aromatic rings. The number of alkyl carbamates (subject to hydrolysis) is 1. The second-order valence-corrected chi connectivity index (χ2v) is 36.2. The first-order valence-electron chi connectivity index (χ1n) is 45.1. The molecule has 43 heteroatoms. The second-order valence-electron chi connectivity index (χ2n) is 36.2. The SMILES string of the molecule is CCn1cc(C(=O)O)c(=O)c2cc(F)c(N3CCN(C(=O)OCc4ccc(NC(=O)[C@H](CCN=C(CC(=O)OC(C)(C)C)NC(=O)OC(C)(C)C)CC(=O)[C@@H](NC(=O)CCCC(=O)N(C)C)C(C)C)cc4)CC3)cc21.CCn1cc(C(=O)O)c(=O)c2cc(F)c(N3CCN(C(=O)OCc4ccc(NC(=O)[C@H](CCN=C(N)N)CC(=O)[C@@H](NC(=O)CCCC(=O)N(C)C)C(C)C)cc4)CC3)cc21.S.S. The molecule has 2 fully saturated rings. The summed E-state index contributed by atoms with van der Waals surface area (Å²) in [6, 6.07) is 16.4. The van der Waals surface area contributed by atoms with E-state index in [-0.39, 0.29) is 233 Å². The fraction of sp³-hybridized carbons (Fsp3) is 0.516. The minimum absolute atomic E-state index is 0. The Morgan fingerprint density at radius 2 is 0.877 bits per heavy atom. The Balaban J connectivity index is 0.000000490. The van der Waals surface area contributed by atoms with Crippen molar-refractivity contribution in [3.05, 3.63) is 140 Å². The number of rotatable bonds is 40. The van der Waals surface area contributed by atoms with Crippen LogP contribution in [0, 0.1) is 35.3 Å². The Hall–Kier alpha value is -13.2. The van der Waals surface area contributed by atoms with Gasteiger partial charge in [0.2, 0.25) is 46.3 Å². The number of pyridine rings is 2. The molecule has 0 radical (unpaired) electrons. The fourth-order valence-electron chi connectivity index (χ4n) is 14.8. The van der Waals surface area contributed by atoms with Crippen LogP contribution in [-0.4, -0.2) is 251 Å². The standard InChI is InChI=1S/C53H73FN8O13.C42H56FN9O9.2H2S/c1-12-60-30-37(49(69)70)47(67)36-27-38(54)40(28-39(36)60)61-22-24-62(25-23-61)51(72)73-31-33-16-18-35(19-17-33)56-48(68)34(26-41(63)46(32(2)3)58-43(64)14-13-15-44(65)59(10)11)20-21-55-42(29-45(66)74-52(4,5)6)57-50(71)75-53(7,8)9;1-6-50-23-30(40(58)59)38(56)29-21-31(43)33(22-32(29)50)51-16-18-52(19-17-51)42(60)61-24-26-10-12-28(13-11-26)47-39(57)27(14-15-46-41(44)45)20-34(53)37(25(2)3)48-35(54)8-7-9-36(55)49(4)5;;/h16-19,27-28,30,32,34,46H,12-15,20-26,29,31H2,1-11H3,(H,56,68)(H,58,64)(H,69,70)(H,55,57,71);10-13,21-23,25,27,37H,6-9,14-20,24H2,1-5H3,(H,47,57)(H,48,54)(H,58,59)(H4,44,45,46);2*1H2/t34-,46+;27-,37+;;/m11../s1. The maximum atomic E-state index is 15.5. The van der Waals surface area contributed by atoms with Gasteiger partial charge in [-0.1, -0.05) is 52.0 Å². The van der Waals surface area contributed by atoms with Crippen LogP contribution in [0.15, 0.2) is 105 Å². The van der Waals surface area contributed by atoms with Gasteiger partial charge in [0.05, 0.1) is 34.5 Å². The lowest BCUT2D eigenvalue weighted by molar-refractivity contribution is -0.153. The number of amides is 9. The summed E-state index contributed by atoms with van der Waals surface area (Å²) in [6.45, 7) is 23.1. The number of carboxylic acid groups (broad SMARTS) is 2. The van der Waals surface area contributed by atoms with E-state index >= 15 is 8.78 Å². The molecule has 0 saturated carbocycles. The smallest absolute Gasteiger partial charge is 0.413 e. The first kappa shape index (κ1) is 115. The van der Waals surface area contributed by atoms with Crippen LogP contribution in [0.5, 0.6) is 0 Å². The fourth-order valence-corrected chi connectivity index (χ4v) is 14.8. The molecule has 756 valence electrons. The number of halogens is 2. The van der Waals surface area contributed by atoms with Gasteiger partial charge in [0.1, 0.15) is 59.4 Å². The number of ketones is 2. The van der Waals surface area contributed by atoms with Gasteiger partial charge in [-0.3, -0.25) is 68.0 Å². The lowest BCUT2D eigenvalue weighted by atomic mass is 9.90. The van der Waals surface area contributed by atoms with Crippen LogP contribution in [0.2, 0.25) is 0 Å². The summed E-state index contributed by atoms with van der Waals surface area (Å²) in [7, 11) is 6.51. The van der Waals surface area contributed by atoms with Gasteiger partial charge in [0.25, 0.3) is 0 Å². The highest BCUT2D eigenvalue weighted by Crippen LogP contribution is 2.31. The summed E-state index contributed by atoms with van der Waals surface area (Å²) in [6.07, 6.45) is 0.670. The molecule has 2 saturated heterocycles. The van der Waals surface area contributed by atoms with Crippen molar-refractivity contribution in [3.63, 3.8) is 0 Å². The summed E-state index contributed by atoms with van der Waals surface area (Å²) < 4.78 is 55.9. The van der Waals surface area contributed by atoms with E-state index < -0.39 is 135 Å². The van der Waals surface area contributed by atoms with Crippen LogP contribution in [0.25, 0.3) is 21.8 Å². The Labute approximate surface area is 814 Å². The molecule has 9 amide bonds. The number of amidine groups is 1. The Morgan fingerprint density at radius 3 is 1.20 bits per heavy atom. The Bertz CT molecular complexity index is 5490. The molecule has 0 bridgehead atoms. The monoisotopic (exact) mass is 1970 g/mol. The Morgan fingerprint density at radius 1 is 0.514 bits per heavy atom. The third-order valence-electron chi connectivity index (χ3n) is 22.2. The molecule has 39 nitrogen and oxygen atoms in total. The lowest BCUT2D eigenvalue weighted by Crippen LogP contribution is -2.49. The molecule has 11 N–H and O–H groups in total. The van der Waals surface area contributed by atoms with Gasteiger partial charge in [0.15, 0.2) is 17.5 Å². The number of guanidine groups is 1. The van der Waals surface area contributed by atoms with E-state index in [1.807, 2.05) is 0 Å². The number of aliphatic imine (C=N–C) groups is 2. The molecule has 138 heavy (non-hydrogen) atoms. The zero-order chi connectivity index (χ0) is 101. The highest BCUT2D eigenvalue weighted by Gasteiger charge is 2.35. The van der Waals surface area contributed by atoms with Crippen LogP contribution in [-0.2, 0) is 88.4 Å². The predicted molar refractivity (Wildman–Crippen MR) is 527 cm³/mol. The van der Waals surface area contributed by atoms with Crippen molar-refractivity contribution in [2.24, 2.45) is 45.1 Å². The van der Waals surface area contributed by atoms with Gasteiger partial charge < -0.3 is 100 Å². The predicted octanol–water partition coefficient (Wildman–Crippen LogP) is 9.40. The molecule has 0 aliphatic carbocycles. The maximum absolute atomic E-state index is 15.5. The molecule has 0 unspecified atom stereocenters. The quantitative estimate of drug-likeness (QED) is 0.00748. The highest BCUT2D eigenvalue weighted by molar-refractivity contribution is 7.59. The number of hydrogen-bond acceptors (Lipinski definition) is 24. The van der Waals surface area contributed by atoms with E-state index in [4.69, 9.17) is 30.4 Å². The van der Waals surface area contributed by atoms with Crippen molar-refractivity contribution in [2.45, 2.75) is 203 Å². The summed E-state index contributed by atoms with van der Waals surface area (Å²) in [5.41, 5.74) is 10.1.